The van der Waals surface area contributed by atoms with Gasteiger partial charge in [-0.15, -0.1) is 0 Å². The molecular formula is C13H23BrN4. The number of nitrogens with one attached hydrogen (secondary N) is 1. The summed E-state index contributed by atoms with van der Waals surface area (Å²) < 4.78 is 3.10. The van der Waals surface area contributed by atoms with E-state index < -0.39 is 0 Å². The van der Waals surface area contributed by atoms with E-state index >= 15 is 0 Å². The van der Waals surface area contributed by atoms with Crippen molar-refractivity contribution < 1.29 is 0 Å². The molecule has 1 fully saturated rings. The molecule has 1 aromatic rings. The average molecular weight is 315 g/mol. The van der Waals surface area contributed by atoms with E-state index in [1.165, 1.54) is 31.7 Å². The average Bonchev–Trinajstić information content (AvgIpc) is 2.89. The van der Waals surface area contributed by atoms with E-state index in [0.29, 0.717) is 0 Å². The maximum Gasteiger partial charge on any atom is 0.0739 e. The van der Waals surface area contributed by atoms with Crippen molar-refractivity contribution in [3.8, 4) is 0 Å². The maximum absolute atomic E-state index is 4.41. The summed E-state index contributed by atoms with van der Waals surface area (Å²) in [5, 5.41) is 7.97. The molecule has 2 rings (SSSR count). The lowest BCUT2D eigenvalue weighted by molar-refractivity contribution is 0.338. The highest BCUT2D eigenvalue weighted by Gasteiger charge is 2.20. The van der Waals surface area contributed by atoms with Crippen LogP contribution in [0, 0.1) is 12.8 Å². The molecule has 0 aliphatic carbocycles. The zero-order valence-electron chi connectivity index (χ0n) is 11.5. The van der Waals surface area contributed by atoms with Crippen molar-refractivity contribution in [1.29, 1.82) is 0 Å². The van der Waals surface area contributed by atoms with Crippen LogP contribution in [0.2, 0.25) is 0 Å². The standard InChI is InChI=1S/C13H23BrN4/c1-4-18-6-5-11(9-18)7-15-8-12-13(14)10(2)16-17(12)3/h11,15H,4-9H2,1-3H3. The highest BCUT2D eigenvalue weighted by Crippen LogP contribution is 2.20. The SMILES string of the molecule is CCN1CCC(CNCc2c(Br)c(C)nn2C)C1. The molecule has 18 heavy (non-hydrogen) atoms. The number of hydrogen-bond acceptors (Lipinski definition) is 3. The third-order valence-electron chi connectivity index (χ3n) is 3.80. The summed E-state index contributed by atoms with van der Waals surface area (Å²) in [5.74, 6) is 0.804. The minimum absolute atomic E-state index is 0.804. The number of likely N-dealkylation sites (tertiary alicyclic amines) is 1. The molecule has 0 aromatic carbocycles. The fourth-order valence-electron chi connectivity index (χ4n) is 2.63. The Morgan fingerprint density at radius 1 is 1.50 bits per heavy atom. The molecule has 2 heterocycles. The first-order chi connectivity index (χ1) is 8.61. The molecule has 1 N–H and O–H groups in total. The molecule has 0 bridgehead atoms. The van der Waals surface area contributed by atoms with Crippen molar-refractivity contribution >= 4 is 15.9 Å². The molecule has 0 radical (unpaired) electrons. The topological polar surface area (TPSA) is 33.1 Å². The molecule has 1 unspecified atom stereocenters. The second-order valence-corrected chi connectivity index (χ2v) is 5.94. The number of rotatable bonds is 5. The number of aryl methyl sites for hydroxylation is 2. The van der Waals surface area contributed by atoms with Gasteiger partial charge in [-0.05, 0) is 54.8 Å². The molecule has 1 atom stereocenters. The van der Waals surface area contributed by atoms with Gasteiger partial charge in [0, 0.05) is 20.1 Å². The van der Waals surface area contributed by atoms with Crippen molar-refractivity contribution in [2.45, 2.75) is 26.8 Å². The first-order valence-corrected chi connectivity index (χ1v) is 7.52. The number of hydrogen-bond donors (Lipinski definition) is 1. The monoisotopic (exact) mass is 314 g/mol. The van der Waals surface area contributed by atoms with Crippen LogP contribution in [0.5, 0.6) is 0 Å². The van der Waals surface area contributed by atoms with Gasteiger partial charge >= 0.3 is 0 Å². The Bertz CT molecular complexity index is 402. The van der Waals surface area contributed by atoms with Crippen LogP contribution >= 0.6 is 15.9 Å². The first kappa shape index (κ1) is 14.0. The molecule has 1 aliphatic rings. The van der Waals surface area contributed by atoms with Gasteiger partial charge in [-0.3, -0.25) is 4.68 Å². The van der Waals surface area contributed by atoms with E-state index in [0.717, 1.165) is 29.2 Å². The quantitative estimate of drug-likeness (QED) is 0.901. The Balaban J connectivity index is 1.79. The fraction of sp³-hybridized carbons (Fsp3) is 0.769. The highest BCUT2D eigenvalue weighted by molar-refractivity contribution is 9.10. The van der Waals surface area contributed by atoms with Crippen LogP contribution in [0.1, 0.15) is 24.7 Å². The lowest BCUT2D eigenvalue weighted by Crippen LogP contribution is -2.26. The van der Waals surface area contributed by atoms with E-state index in [2.05, 4.69) is 38.2 Å². The van der Waals surface area contributed by atoms with Gasteiger partial charge in [-0.25, -0.2) is 0 Å². The van der Waals surface area contributed by atoms with Gasteiger partial charge in [0.1, 0.15) is 0 Å². The van der Waals surface area contributed by atoms with Crippen LogP contribution in [-0.2, 0) is 13.6 Å². The number of nitrogens with zero attached hydrogens (tertiary/aromatic N) is 3. The molecular weight excluding hydrogens is 292 g/mol. The molecule has 4 nitrogen and oxygen atoms in total. The van der Waals surface area contributed by atoms with Crippen LogP contribution in [-0.4, -0.2) is 40.9 Å². The minimum atomic E-state index is 0.804. The Morgan fingerprint density at radius 3 is 2.83 bits per heavy atom. The van der Waals surface area contributed by atoms with Gasteiger partial charge in [-0.1, -0.05) is 6.92 Å². The Kier molecular flexibility index (Phi) is 4.81. The minimum Gasteiger partial charge on any atom is -0.311 e. The van der Waals surface area contributed by atoms with Crippen molar-refractivity contribution in [3.63, 3.8) is 0 Å². The van der Waals surface area contributed by atoms with Gasteiger partial charge in [0.05, 0.1) is 15.9 Å². The van der Waals surface area contributed by atoms with Crippen LogP contribution in [0.3, 0.4) is 0 Å². The lowest BCUT2D eigenvalue weighted by Gasteiger charge is -2.14. The zero-order chi connectivity index (χ0) is 13.1. The molecule has 1 aliphatic heterocycles. The maximum atomic E-state index is 4.41. The normalized spacial score (nSPS) is 20.8. The van der Waals surface area contributed by atoms with Crippen molar-refractivity contribution in [2.75, 3.05) is 26.2 Å². The molecule has 0 spiro atoms. The molecule has 102 valence electrons. The third kappa shape index (κ3) is 3.13. The van der Waals surface area contributed by atoms with Gasteiger partial charge in [-0.2, -0.15) is 5.10 Å². The molecule has 1 aromatic heterocycles. The molecule has 0 amide bonds. The highest BCUT2D eigenvalue weighted by atomic mass is 79.9. The number of aromatic nitrogens is 2. The molecule has 1 saturated heterocycles. The molecule has 0 saturated carbocycles. The van der Waals surface area contributed by atoms with E-state index in [1.807, 2.05) is 18.7 Å². The second-order valence-electron chi connectivity index (χ2n) is 5.15. The van der Waals surface area contributed by atoms with Crippen LogP contribution in [0.4, 0.5) is 0 Å². The Hall–Kier alpha value is -0.390. The Morgan fingerprint density at radius 2 is 2.28 bits per heavy atom. The third-order valence-corrected chi connectivity index (χ3v) is 4.84. The van der Waals surface area contributed by atoms with Gasteiger partial charge in [0.25, 0.3) is 0 Å². The van der Waals surface area contributed by atoms with Crippen molar-refractivity contribution in [2.24, 2.45) is 13.0 Å². The van der Waals surface area contributed by atoms with Gasteiger partial charge in [0.2, 0.25) is 0 Å². The van der Waals surface area contributed by atoms with Crippen LogP contribution in [0.25, 0.3) is 0 Å². The van der Waals surface area contributed by atoms with Gasteiger partial charge in [0.15, 0.2) is 0 Å². The second kappa shape index (κ2) is 6.17. The summed E-state index contributed by atoms with van der Waals surface area (Å²) in [6, 6.07) is 0. The van der Waals surface area contributed by atoms with Crippen LogP contribution < -0.4 is 5.32 Å². The smallest absolute Gasteiger partial charge is 0.0739 e. The zero-order valence-corrected chi connectivity index (χ0v) is 13.1. The van der Waals surface area contributed by atoms with E-state index in [9.17, 15) is 0 Å². The fourth-order valence-corrected chi connectivity index (χ4v) is 3.11. The van der Waals surface area contributed by atoms with E-state index in [4.69, 9.17) is 0 Å². The summed E-state index contributed by atoms with van der Waals surface area (Å²) in [7, 11) is 2.00. The summed E-state index contributed by atoms with van der Waals surface area (Å²) in [5.41, 5.74) is 2.30. The van der Waals surface area contributed by atoms with Gasteiger partial charge < -0.3 is 10.2 Å². The Labute approximate surface area is 118 Å². The lowest BCUT2D eigenvalue weighted by atomic mass is 10.1. The largest absolute Gasteiger partial charge is 0.311 e. The predicted molar refractivity (Wildman–Crippen MR) is 77.6 cm³/mol. The van der Waals surface area contributed by atoms with Crippen LogP contribution in [0.15, 0.2) is 4.47 Å². The first-order valence-electron chi connectivity index (χ1n) is 6.72. The summed E-state index contributed by atoms with van der Waals surface area (Å²) >= 11 is 3.60. The summed E-state index contributed by atoms with van der Waals surface area (Å²) in [4.78, 5) is 2.52. The summed E-state index contributed by atoms with van der Waals surface area (Å²) in [6.45, 7) is 9.96. The number of halogens is 1. The predicted octanol–water partition coefficient (Wildman–Crippen LogP) is 1.92. The van der Waals surface area contributed by atoms with Crippen molar-refractivity contribution in [1.82, 2.24) is 20.0 Å². The van der Waals surface area contributed by atoms with Crippen molar-refractivity contribution in [3.05, 3.63) is 15.9 Å². The molecule has 5 heteroatoms. The van der Waals surface area contributed by atoms with E-state index in [-0.39, 0.29) is 0 Å². The summed E-state index contributed by atoms with van der Waals surface area (Å²) in [6.07, 6.45) is 1.33. The van der Waals surface area contributed by atoms with E-state index in [1.54, 1.807) is 0 Å².